The van der Waals surface area contributed by atoms with Crippen LogP contribution in [0.3, 0.4) is 0 Å². The van der Waals surface area contributed by atoms with Gasteiger partial charge in [-0.15, -0.1) is 0 Å². The highest BCUT2D eigenvalue weighted by Gasteiger charge is 2.18. The summed E-state index contributed by atoms with van der Waals surface area (Å²) in [7, 11) is -3.37. The van der Waals surface area contributed by atoms with Crippen molar-refractivity contribution in [2.24, 2.45) is 4.99 Å². The van der Waals surface area contributed by atoms with Crippen LogP contribution in [0.4, 0.5) is 0 Å². The van der Waals surface area contributed by atoms with Crippen molar-refractivity contribution >= 4 is 34.2 Å². The number of carbonyl (C=O) groups is 1. The number of benzene rings is 2. The number of carbonyl (C=O) groups excluding carboxylic acids is 1. The van der Waals surface area contributed by atoms with Gasteiger partial charge in [-0.3, -0.25) is 9.79 Å². The van der Waals surface area contributed by atoms with Crippen molar-refractivity contribution in [1.82, 2.24) is 10.3 Å². The molecule has 0 spiro atoms. The van der Waals surface area contributed by atoms with E-state index in [-0.39, 0.29) is 5.91 Å². The zero-order chi connectivity index (χ0) is 29.3. The minimum absolute atomic E-state index is 0.179. The molecule has 1 amide bonds. The Morgan fingerprint density at radius 1 is 1.05 bits per heavy atom. The first-order valence-corrected chi connectivity index (χ1v) is 15.1. The number of hydrogen-bond donors (Lipinski definition) is 2. The molecule has 0 fully saturated rings. The van der Waals surface area contributed by atoms with E-state index in [9.17, 15) is 13.2 Å². The standard InChI is InChI=1S/C13H12O2S.C10H21NO.C9H12N2/c1-11-7-5-6-10-13(11)16(14,15)12-8-3-2-4-9-12;1-4-7-8-9(5-2)11-10(12)6-3;1-4-10-7(2)9-5-6-11-8(9)3/h2-10H,1H3;9H,4-8H2,1-3H3,(H,11,12);4-6,11H,3H2,1-2H3/b;;9-7-,10-4?. The van der Waals surface area contributed by atoms with Crippen LogP contribution in [-0.2, 0) is 14.6 Å². The summed E-state index contributed by atoms with van der Waals surface area (Å²) in [5, 5.41) is 5.02. The van der Waals surface area contributed by atoms with Gasteiger partial charge in [-0.2, -0.15) is 0 Å². The molecule has 0 aliphatic carbocycles. The quantitative estimate of drug-likeness (QED) is 0.322. The first kappa shape index (κ1) is 33.6. The highest BCUT2D eigenvalue weighted by molar-refractivity contribution is 7.91. The van der Waals surface area contributed by atoms with E-state index in [1.807, 2.05) is 39.1 Å². The number of hydrogen-bond acceptors (Lipinski definition) is 4. The van der Waals surface area contributed by atoms with Crippen molar-refractivity contribution < 1.29 is 13.2 Å². The zero-order valence-electron chi connectivity index (χ0n) is 24.3. The molecule has 7 heteroatoms. The number of sulfone groups is 1. The number of unbranched alkanes of at least 4 members (excludes halogenated alkanes) is 1. The van der Waals surface area contributed by atoms with Crippen LogP contribution in [-0.4, -0.2) is 31.6 Å². The predicted molar refractivity (Wildman–Crippen MR) is 164 cm³/mol. The smallest absolute Gasteiger partial charge is 0.219 e. The van der Waals surface area contributed by atoms with Crippen LogP contribution in [0.5, 0.6) is 0 Å². The van der Waals surface area contributed by atoms with Gasteiger partial charge in [-0.25, -0.2) is 8.42 Å². The van der Waals surface area contributed by atoms with Gasteiger partial charge in [0.25, 0.3) is 0 Å². The Morgan fingerprint density at radius 3 is 2.21 bits per heavy atom. The normalized spacial score (nSPS) is 12.5. The second-order valence-electron chi connectivity index (χ2n) is 9.09. The molecule has 1 aromatic heterocycles. The molecular weight excluding hydrogens is 506 g/mol. The van der Waals surface area contributed by atoms with Crippen LogP contribution in [0.15, 0.2) is 81.6 Å². The van der Waals surface area contributed by atoms with Gasteiger partial charge in [0.2, 0.25) is 15.7 Å². The lowest BCUT2D eigenvalue weighted by Gasteiger charge is -2.15. The summed E-state index contributed by atoms with van der Waals surface area (Å²) in [6, 6.07) is 17.9. The second-order valence-corrected chi connectivity index (χ2v) is 11.0. The van der Waals surface area contributed by atoms with Gasteiger partial charge < -0.3 is 10.3 Å². The molecule has 3 aromatic rings. The molecule has 6 nitrogen and oxygen atoms in total. The number of aromatic nitrogens is 1. The number of H-pyrrole nitrogens is 1. The van der Waals surface area contributed by atoms with Gasteiger partial charge >= 0.3 is 0 Å². The van der Waals surface area contributed by atoms with Gasteiger partial charge in [-0.1, -0.05) is 76.6 Å². The minimum Gasteiger partial charge on any atom is -0.362 e. The molecule has 0 aliphatic rings. The van der Waals surface area contributed by atoms with Gasteiger partial charge in [0, 0.05) is 41.1 Å². The fourth-order valence-electron chi connectivity index (χ4n) is 3.75. The summed E-state index contributed by atoms with van der Waals surface area (Å²) in [6.45, 7) is 15.7. The Hall–Kier alpha value is -3.45. The van der Waals surface area contributed by atoms with E-state index < -0.39 is 9.84 Å². The molecule has 0 radical (unpaired) electrons. The molecule has 1 unspecified atom stereocenters. The lowest BCUT2D eigenvalue weighted by Crippen LogP contribution is -2.33. The number of aromatic amines is 1. The maximum absolute atomic E-state index is 12.3. The molecule has 0 bridgehead atoms. The second kappa shape index (κ2) is 17.9. The fourth-order valence-corrected chi connectivity index (χ4v) is 5.27. The Labute approximate surface area is 234 Å². The lowest BCUT2D eigenvalue weighted by atomic mass is 10.1. The Kier molecular flexibility index (Phi) is 15.5. The summed E-state index contributed by atoms with van der Waals surface area (Å²) in [6.07, 6.45) is 8.84. The van der Waals surface area contributed by atoms with Crippen molar-refractivity contribution in [2.45, 2.75) is 89.5 Å². The zero-order valence-corrected chi connectivity index (χ0v) is 25.1. The summed E-state index contributed by atoms with van der Waals surface area (Å²) in [4.78, 5) is 18.9. The summed E-state index contributed by atoms with van der Waals surface area (Å²) in [5.74, 6) is 0.179. The van der Waals surface area contributed by atoms with Crippen LogP contribution >= 0.6 is 0 Å². The maximum Gasteiger partial charge on any atom is 0.219 e. The summed E-state index contributed by atoms with van der Waals surface area (Å²) >= 11 is 0. The minimum atomic E-state index is -3.37. The van der Waals surface area contributed by atoms with Crippen LogP contribution in [0, 0.1) is 6.92 Å². The molecule has 2 aromatic carbocycles. The van der Waals surface area contributed by atoms with Gasteiger partial charge in [0.15, 0.2) is 0 Å². The van der Waals surface area contributed by atoms with E-state index in [0.29, 0.717) is 22.3 Å². The molecule has 39 heavy (non-hydrogen) atoms. The van der Waals surface area contributed by atoms with Crippen molar-refractivity contribution in [3.63, 3.8) is 0 Å². The van der Waals surface area contributed by atoms with Gasteiger partial charge in [0.1, 0.15) is 0 Å². The van der Waals surface area contributed by atoms with Crippen molar-refractivity contribution in [2.75, 3.05) is 0 Å². The van der Waals surface area contributed by atoms with Gasteiger partial charge in [-0.05, 0) is 63.4 Å². The molecule has 2 N–H and O–H groups in total. The largest absolute Gasteiger partial charge is 0.362 e. The highest BCUT2D eigenvalue weighted by atomic mass is 32.2. The molecule has 1 heterocycles. The number of rotatable bonds is 9. The number of aryl methyl sites for hydroxylation is 1. The third-order valence-corrected chi connectivity index (χ3v) is 8.00. The van der Waals surface area contributed by atoms with E-state index in [2.05, 4.69) is 35.7 Å². The number of nitrogens with zero attached hydrogens (tertiary/aromatic N) is 1. The van der Waals surface area contributed by atoms with Crippen LogP contribution < -0.4 is 15.9 Å². The number of amides is 1. The van der Waals surface area contributed by atoms with E-state index in [1.165, 1.54) is 12.8 Å². The average Bonchev–Trinajstić information content (AvgIpc) is 3.38. The molecule has 3 rings (SSSR count). The Balaban J connectivity index is 0.000000300. The molecule has 0 aliphatic heterocycles. The first-order chi connectivity index (χ1) is 18.6. The van der Waals surface area contributed by atoms with E-state index in [1.54, 1.807) is 61.7 Å². The average molecular weight is 552 g/mol. The van der Waals surface area contributed by atoms with Crippen molar-refractivity contribution in [1.29, 1.82) is 0 Å². The Morgan fingerprint density at radius 2 is 1.69 bits per heavy atom. The molecule has 1 atom stereocenters. The highest BCUT2D eigenvalue weighted by Crippen LogP contribution is 2.22. The van der Waals surface area contributed by atoms with Crippen LogP contribution in [0.1, 0.15) is 72.3 Å². The van der Waals surface area contributed by atoms with E-state index in [0.717, 1.165) is 34.7 Å². The Bertz CT molecular complexity index is 1380. The third-order valence-electron chi connectivity index (χ3n) is 6.07. The number of aliphatic imine (C=N–C) groups is 1. The van der Waals surface area contributed by atoms with Crippen molar-refractivity contribution in [3.05, 3.63) is 83.0 Å². The molecule has 0 saturated carbocycles. The predicted octanol–water partition coefficient (Wildman–Crippen LogP) is 5.95. The van der Waals surface area contributed by atoms with Gasteiger partial charge in [0.05, 0.1) is 9.79 Å². The van der Waals surface area contributed by atoms with E-state index >= 15 is 0 Å². The molecular formula is C32H45N3O3S. The molecule has 0 saturated heterocycles. The lowest BCUT2D eigenvalue weighted by molar-refractivity contribution is -0.121. The summed E-state index contributed by atoms with van der Waals surface area (Å²) in [5.41, 5.74) is 1.77. The maximum atomic E-state index is 12.3. The molecule has 212 valence electrons. The monoisotopic (exact) mass is 551 g/mol. The SMILES string of the molecule is C=c1[nH]cc/c1=C(\C)N=CC.CCCCC(CC)NC(=O)CC.Cc1ccccc1S(=O)(=O)c1ccccc1. The number of nitrogens with one attached hydrogen (secondary N) is 2. The fraction of sp³-hybridized carbons (Fsp3) is 0.375. The summed E-state index contributed by atoms with van der Waals surface area (Å²) < 4.78 is 24.5. The van der Waals surface area contributed by atoms with Crippen LogP contribution in [0.2, 0.25) is 0 Å². The first-order valence-electron chi connectivity index (χ1n) is 13.6. The topological polar surface area (TPSA) is 91.4 Å². The van der Waals surface area contributed by atoms with Crippen molar-refractivity contribution in [3.8, 4) is 0 Å². The van der Waals surface area contributed by atoms with Crippen LogP contribution in [0.25, 0.3) is 12.3 Å². The van der Waals surface area contributed by atoms with E-state index in [4.69, 9.17) is 0 Å². The third kappa shape index (κ3) is 11.4.